The SMILES string of the molecule is Cc1ccc(-c2cc(NC(=O)COC(=O)c3ccc(S(N)(=O)=O)o3)n(-c3ccccc3)n2)cc1. The first-order valence-corrected chi connectivity index (χ1v) is 11.6. The van der Waals surface area contributed by atoms with Crippen molar-refractivity contribution in [3.63, 3.8) is 0 Å². The molecule has 0 aliphatic carbocycles. The number of nitrogens with zero attached hydrogens (tertiary/aromatic N) is 2. The Labute approximate surface area is 195 Å². The number of aromatic nitrogens is 2. The Morgan fingerprint density at radius 3 is 2.41 bits per heavy atom. The number of rotatable bonds is 7. The molecule has 2 heterocycles. The molecule has 4 aromatic rings. The van der Waals surface area contributed by atoms with E-state index in [1.807, 2.05) is 61.5 Å². The number of anilines is 1. The number of carbonyl (C=O) groups is 2. The van der Waals surface area contributed by atoms with E-state index in [9.17, 15) is 18.0 Å². The normalized spacial score (nSPS) is 11.2. The maximum absolute atomic E-state index is 12.5. The summed E-state index contributed by atoms with van der Waals surface area (Å²) in [5.74, 6) is -1.66. The zero-order valence-electron chi connectivity index (χ0n) is 18.0. The maximum Gasteiger partial charge on any atom is 0.374 e. The van der Waals surface area contributed by atoms with Gasteiger partial charge in [0.25, 0.3) is 15.9 Å². The number of para-hydroxylation sites is 1. The summed E-state index contributed by atoms with van der Waals surface area (Å²) in [7, 11) is -4.11. The second kappa shape index (κ2) is 9.33. The maximum atomic E-state index is 12.5. The summed E-state index contributed by atoms with van der Waals surface area (Å²) < 4.78 is 33.9. The lowest BCUT2D eigenvalue weighted by atomic mass is 10.1. The minimum absolute atomic E-state index is 0.373. The number of amides is 1. The molecule has 0 unspecified atom stereocenters. The molecule has 1 amide bonds. The predicted molar refractivity (Wildman–Crippen MR) is 123 cm³/mol. The number of furan rings is 1. The zero-order chi connectivity index (χ0) is 24.3. The molecule has 0 saturated heterocycles. The van der Waals surface area contributed by atoms with Gasteiger partial charge in [0.1, 0.15) is 5.82 Å². The average Bonchev–Trinajstić information content (AvgIpc) is 3.47. The van der Waals surface area contributed by atoms with Crippen LogP contribution in [0, 0.1) is 6.92 Å². The number of ether oxygens (including phenoxy) is 1. The van der Waals surface area contributed by atoms with E-state index in [4.69, 9.17) is 14.3 Å². The molecule has 0 bridgehead atoms. The summed E-state index contributed by atoms with van der Waals surface area (Å²) in [6.45, 7) is 1.35. The fraction of sp³-hybridized carbons (Fsp3) is 0.0870. The van der Waals surface area contributed by atoms with Crippen molar-refractivity contribution in [3.8, 4) is 16.9 Å². The molecular formula is C23H20N4O6S. The minimum atomic E-state index is -4.11. The summed E-state index contributed by atoms with van der Waals surface area (Å²) in [5, 5.41) is 11.7. The summed E-state index contributed by atoms with van der Waals surface area (Å²) in [6, 6.07) is 20.8. The van der Waals surface area contributed by atoms with Crippen LogP contribution in [0.15, 0.2) is 82.3 Å². The predicted octanol–water partition coefficient (Wildman–Crippen LogP) is 2.88. The quantitative estimate of drug-likeness (QED) is 0.387. The molecule has 3 N–H and O–H groups in total. The molecule has 0 aliphatic rings. The van der Waals surface area contributed by atoms with Crippen molar-refractivity contribution in [2.45, 2.75) is 12.0 Å². The van der Waals surface area contributed by atoms with E-state index in [0.717, 1.165) is 28.9 Å². The van der Waals surface area contributed by atoms with Gasteiger partial charge in [0, 0.05) is 11.6 Å². The third-order valence-electron chi connectivity index (χ3n) is 4.72. The lowest BCUT2D eigenvalue weighted by molar-refractivity contribution is -0.119. The van der Waals surface area contributed by atoms with Gasteiger partial charge in [-0.25, -0.2) is 23.0 Å². The highest BCUT2D eigenvalue weighted by molar-refractivity contribution is 7.89. The molecule has 0 fully saturated rings. The molecule has 174 valence electrons. The van der Waals surface area contributed by atoms with Crippen molar-refractivity contribution in [2.24, 2.45) is 5.14 Å². The number of aryl methyl sites for hydroxylation is 1. The Morgan fingerprint density at radius 2 is 1.76 bits per heavy atom. The first-order chi connectivity index (χ1) is 16.2. The van der Waals surface area contributed by atoms with Gasteiger partial charge in [-0.05, 0) is 31.2 Å². The van der Waals surface area contributed by atoms with E-state index >= 15 is 0 Å². The largest absolute Gasteiger partial charge is 0.450 e. The van der Waals surface area contributed by atoms with E-state index in [1.165, 1.54) is 0 Å². The Hall–Kier alpha value is -4.22. The average molecular weight is 481 g/mol. The Balaban J connectivity index is 1.50. The highest BCUT2D eigenvalue weighted by atomic mass is 32.2. The van der Waals surface area contributed by atoms with Gasteiger partial charge in [-0.15, -0.1) is 0 Å². The van der Waals surface area contributed by atoms with Crippen molar-refractivity contribution >= 4 is 27.7 Å². The van der Waals surface area contributed by atoms with Crippen molar-refractivity contribution in [2.75, 3.05) is 11.9 Å². The van der Waals surface area contributed by atoms with Crippen molar-refractivity contribution in [1.82, 2.24) is 9.78 Å². The Bertz CT molecular complexity index is 1440. The van der Waals surface area contributed by atoms with Crippen LogP contribution in [0.25, 0.3) is 16.9 Å². The molecule has 34 heavy (non-hydrogen) atoms. The van der Waals surface area contributed by atoms with Crippen LogP contribution in [0.2, 0.25) is 0 Å². The molecule has 11 heteroatoms. The summed E-state index contributed by atoms with van der Waals surface area (Å²) in [4.78, 5) is 24.6. The van der Waals surface area contributed by atoms with Crippen LogP contribution in [0.3, 0.4) is 0 Å². The van der Waals surface area contributed by atoms with Gasteiger partial charge in [0.2, 0.25) is 10.9 Å². The van der Waals surface area contributed by atoms with Crippen LogP contribution in [0.1, 0.15) is 16.1 Å². The van der Waals surface area contributed by atoms with Gasteiger partial charge in [-0.2, -0.15) is 5.10 Å². The van der Waals surface area contributed by atoms with Crippen molar-refractivity contribution in [1.29, 1.82) is 0 Å². The molecule has 0 radical (unpaired) electrons. The number of hydrogen-bond acceptors (Lipinski definition) is 7. The number of esters is 1. The molecule has 0 saturated carbocycles. The van der Waals surface area contributed by atoms with E-state index in [1.54, 1.807) is 10.7 Å². The highest BCUT2D eigenvalue weighted by Gasteiger charge is 2.20. The van der Waals surface area contributed by atoms with Gasteiger partial charge >= 0.3 is 5.97 Å². The van der Waals surface area contributed by atoms with E-state index in [2.05, 4.69) is 10.4 Å². The van der Waals surface area contributed by atoms with Crippen LogP contribution >= 0.6 is 0 Å². The Morgan fingerprint density at radius 1 is 1.06 bits per heavy atom. The fourth-order valence-electron chi connectivity index (χ4n) is 3.07. The molecular weight excluding hydrogens is 460 g/mol. The summed E-state index contributed by atoms with van der Waals surface area (Å²) in [5.41, 5.74) is 3.33. The van der Waals surface area contributed by atoms with Crippen LogP contribution in [-0.2, 0) is 19.6 Å². The molecule has 4 rings (SSSR count). The molecule has 0 spiro atoms. The topological polar surface area (TPSA) is 147 Å². The van der Waals surface area contributed by atoms with Gasteiger partial charge in [-0.3, -0.25) is 4.79 Å². The second-order valence-electron chi connectivity index (χ2n) is 7.32. The first-order valence-electron chi connectivity index (χ1n) is 10.0. The molecule has 0 aliphatic heterocycles. The van der Waals surface area contributed by atoms with E-state index in [0.29, 0.717) is 11.5 Å². The smallest absolute Gasteiger partial charge is 0.374 e. The number of nitrogens with one attached hydrogen (secondary N) is 1. The lowest BCUT2D eigenvalue weighted by Gasteiger charge is -2.09. The zero-order valence-corrected chi connectivity index (χ0v) is 18.8. The molecule has 2 aromatic heterocycles. The van der Waals surface area contributed by atoms with Gasteiger partial charge < -0.3 is 14.5 Å². The van der Waals surface area contributed by atoms with Crippen molar-refractivity contribution < 1.29 is 27.2 Å². The number of benzene rings is 2. The third kappa shape index (κ3) is 5.22. The molecule has 2 aromatic carbocycles. The highest BCUT2D eigenvalue weighted by Crippen LogP contribution is 2.25. The summed E-state index contributed by atoms with van der Waals surface area (Å²) in [6.07, 6.45) is 0. The minimum Gasteiger partial charge on any atom is -0.450 e. The number of sulfonamides is 1. The van der Waals surface area contributed by atoms with E-state index < -0.39 is 39.4 Å². The fourth-order valence-corrected chi connectivity index (χ4v) is 3.53. The monoisotopic (exact) mass is 480 g/mol. The molecule has 10 nitrogen and oxygen atoms in total. The lowest BCUT2D eigenvalue weighted by Crippen LogP contribution is -2.22. The third-order valence-corrected chi connectivity index (χ3v) is 5.50. The standard InChI is InChI=1S/C23H20N4O6S/c1-15-7-9-16(10-8-15)18-13-20(27(26-18)17-5-3-2-4-6-17)25-21(28)14-32-23(29)19-11-12-22(33-19)34(24,30)31/h2-13H,14H2,1H3,(H,25,28)(H2,24,30,31). The van der Waals surface area contributed by atoms with E-state index in [-0.39, 0.29) is 0 Å². The Kier molecular flexibility index (Phi) is 6.30. The number of nitrogens with two attached hydrogens (primary N) is 1. The van der Waals surface area contributed by atoms with Crippen molar-refractivity contribution in [3.05, 3.63) is 84.1 Å². The van der Waals surface area contributed by atoms with Crippen LogP contribution in [0.4, 0.5) is 5.82 Å². The number of primary sulfonamides is 1. The summed E-state index contributed by atoms with van der Waals surface area (Å²) >= 11 is 0. The second-order valence-corrected chi connectivity index (χ2v) is 8.81. The first kappa shape index (κ1) is 23.0. The molecule has 0 atom stereocenters. The van der Waals surface area contributed by atoms with Gasteiger partial charge in [0.15, 0.2) is 6.61 Å². The van der Waals surface area contributed by atoms with Crippen LogP contribution < -0.4 is 10.5 Å². The number of hydrogen-bond donors (Lipinski definition) is 2. The van der Waals surface area contributed by atoms with Crippen LogP contribution in [0.5, 0.6) is 0 Å². The van der Waals surface area contributed by atoms with Crippen LogP contribution in [-0.4, -0.2) is 36.7 Å². The van der Waals surface area contributed by atoms with Gasteiger partial charge in [0.05, 0.1) is 11.4 Å². The number of carbonyl (C=O) groups excluding carboxylic acids is 2. The van der Waals surface area contributed by atoms with Gasteiger partial charge in [-0.1, -0.05) is 48.0 Å².